The number of aromatic nitrogens is 1. The van der Waals surface area contributed by atoms with Crippen LogP contribution in [0.4, 0.5) is 0 Å². The summed E-state index contributed by atoms with van der Waals surface area (Å²) in [6, 6.07) is 8.16. The highest BCUT2D eigenvalue weighted by Crippen LogP contribution is 2.19. The lowest BCUT2D eigenvalue weighted by atomic mass is 10.2. The van der Waals surface area contributed by atoms with Crippen molar-refractivity contribution in [1.82, 2.24) is 9.71 Å². The van der Waals surface area contributed by atoms with Crippen molar-refractivity contribution in [2.75, 3.05) is 0 Å². The van der Waals surface area contributed by atoms with Gasteiger partial charge in [0.25, 0.3) is 0 Å². The number of sulfonamides is 1. The molecule has 1 atom stereocenters. The highest BCUT2D eigenvalue weighted by Gasteiger charge is 2.18. The SMILES string of the molecule is Cc1csc(C(C)NS(=O)(=O)Cc2ccc(C#N)cc2)n1. The van der Waals surface area contributed by atoms with Gasteiger partial charge in [-0.3, -0.25) is 0 Å². The zero-order valence-corrected chi connectivity index (χ0v) is 13.3. The molecule has 110 valence electrons. The van der Waals surface area contributed by atoms with Gasteiger partial charge in [0.1, 0.15) is 5.01 Å². The first-order valence-electron chi connectivity index (χ1n) is 6.31. The number of hydrogen-bond donors (Lipinski definition) is 1. The first-order valence-corrected chi connectivity index (χ1v) is 8.84. The van der Waals surface area contributed by atoms with Crippen molar-refractivity contribution >= 4 is 21.4 Å². The zero-order chi connectivity index (χ0) is 15.5. The van der Waals surface area contributed by atoms with E-state index < -0.39 is 10.0 Å². The van der Waals surface area contributed by atoms with Crippen molar-refractivity contribution in [3.8, 4) is 6.07 Å². The lowest BCUT2D eigenvalue weighted by Gasteiger charge is -2.12. The van der Waals surface area contributed by atoms with Crippen LogP contribution in [-0.2, 0) is 15.8 Å². The van der Waals surface area contributed by atoms with Gasteiger partial charge in [-0.15, -0.1) is 11.3 Å². The van der Waals surface area contributed by atoms with Crippen LogP contribution in [0.25, 0.3) is 0 Å². The highest BCUT2D eigenvalue weighted by atomic mass is 32.2. The average Bonchev–Trinajstić information content (AvgIpc) is 2.85. The number of nitrogens with one attached hydrogen (secondary N) is 1. The van der Waals surface area contributed by atoms with Gasteiger partial charge in [0.2, 0.25) is 10.0 Å². The number of rotatable bonds is 5. The van der Waals surface area contributed by atoms with Crippen LogP contribution >= 0.6 is 11.3 Å². The summed E-state index contributed by atoms with van der Waals surface area (Å²) in [4.78, 5) is 4.28. The molecule has 21 heavy (non-hydrogen) atoms. The molecule has 1 aromatic heterocycles. The van der Waals surface area contributed by atoms with Gasteiger partial charge in [0, 0.05) is 11.1 Å². The van der Waals surface area contributed by atoms with E-state index in [1.807, 2.05) is 18.4 Å². The topological polar surface area (TPSA) is 82.9 Å². The van der Waals surface area contributed by atoms with E-state index in [1.165, 1.54) is 11.3 Å². The second-order valence-corrected chi connectivity index (χ2v) is 7.38. The van der Waals surface area contributed by atoms with Crippen LogP contribution in [0.15, 0.2) is 29.6 Å². The molecule has 7 heteroatoms. The number of nitriles is 1. The molecule has 0 fully saturated rings. The third-order valence-electron chi connectivity index (χ3n) is 2.80. The number of thiazole rings is 1. The van der Waals surface area contributed by atoms with Gasteiger partial charge < -0.3 is 0 Å². The molecule has 1 heterocycles. The smallest absolute Gasteiger partial charge is 0.216 e. The van der Waals surface area contributed by atoms with E-state index in [4.69, 9.17) is 5.26 Å². The third-order valence-corrected chi connectivity index (χ3v) is 5.37. The molecule has 2 aromatic rings. The number of aryl methyl sites for hydroxylation is 1. The maximum Gasteiger partial charge on any atom is 0.216 e. The molecule has 0 amide bonds. The lowest BCUT2D eigenvalue weighted by molar-refractivity contribution is 0.565. The fourth-order valence-electron chi connectivity index (χ4n) is 1.83. The summed E-state index contributed by atoms with van der Waals surface area (Å²) in [5, 5.41) is 11.4. The maximum atomic E-state index is 12.1. The minimum absolute atomic E-state index is 0.118. The molecule has 0 spiro atoms. The van der Waals surface area contributed by atoms with Crippen LogP contribution in [-0.4, -0.2) is 13.4 Å². The molecule has 1 aromatic carbocycles. The summed E-state index contributed by atoms with van der Waals surface area (Å²) in [5.74, 6) is -0.118. The second kappa shape index (κ2) is 6.35. The molecule has 2 rings (SSSR count). The third kappa shape index (κ3) is 4.36. The van der Waals surface area contributed by atoms with E-state index >= 15 is 0 Å². The van der Waals surface area contributed by atoms with Gasteiger partial charge in [-0.25, -0.2) is 18.1 Å². The molecule has 0 aliphatic heterocycles. The number of benzene rings is 1. The van der Waals surface area contributed by atoms with Crippen LogP contribution in [0.2, 0.25) is 0 Å². The Balaban J connectivity index is 2.06. The van der Waals surface area contributed by atoms with Gasteiger partial charge >= 0.3 is 0 Å². The van der Waals surface area contributed by atoms with Crippen molar-refractivity contribution in [3.63, 3.8) is 0 Å². The standard InChI is InChI=1S/C14H15N3O2S2/c1-10-8-20-14(16-10)11(2)17-21(18,19)9-13-5-3-12(7-15)4-6-13/h3-6,8,11,17H,9H2,1-2H3. The van der Waals surface area contributed by atoms with Gasteiger partial charge in [0.15, 0.2) is 0 Å². The Morgan fingerprint density at radius 3 is 2.57 bits per heavy atom. The monoisotopic (exact) mass is 321 g/mol. The normalized spacial score (nSPS) is 12.8. The van der Waals surface area contributed by atoms with Crippen molar-refractivity contribution in [2.45, 2.75) is 25.6 Å². The van der Waals surface area contributed by atoms with Crippen LogP contribution in [0.5, 0.6) is 0 Å². The largest absolute Gasteiger partial charge is 0.245 e. The van der Waals surface area contributed by atoms with E-state index in [-0.39, 0.29) is 11.8 Å². The Bertz CT molecular complexity index is 758. The van der Waals surface area contributed by atoms with E-state index in [0.717, 1.165) is 10.7 Å². The summed E-state index contributed by atoms with van der Waals surface area (Å²) in [7, 11) is -3.46. The maximum absolute atomic E-state index is 12.1. The van der Waals surface area contributed by atoms with Crippen LogP contribution in [0.1, 0.15) is 34.8 Å². The fraction of sp³-hybridized carbons (Fsp3) is 0.286. The molecule has 0 aliphatic rings. The molecular weight excluding hydrogens is 306 g/mol. The van der Waals surface area contributed by atoms with Crippen LogP contribution in [0.3, 0.4) is 0 Å². The second-order valence-electron chi connectivity index (χ2n) is 4.73. The summed E-state index contributed by atoms with van der Waals surface area (Å²) in [6.07, 6.45) is 0. The van der Waals surface area contributed by atoms with Gasteiger partial charge in [0.05, 0.1) is 23.4 Å². The van der Waals surface area contributed by atoms with Gasteiger partial charge in [-0.05, 0) is 31.5 Å². The van der Waals surface area contributed by atoms with Crippen molar-refractivity contribution < 1.29 is 8.42 Å². The Labute approximate surface area is 128 Å². The fourth-order valence-corrected chi connectivity index (χ4v) is 4.07. The first-order chi connectivity index (χ1) is 9.89. The molecule has 1 unspecified atom stereocenters. The Morgan fingerprint density at radius 1 is 1.38 bits per heavy atom. The summed E-state index contributed by atoms with van der Waals surface area (Å²) in [5.41, 5.74) is 2.04. The number of nitrogens with zero attached hydrogens (tertiary/aromatic N) is 2. The summed E-state index contributed by atoms with van der Waals surface area (Å²) >= 11 is 1.44. The molecular formula is C14H15N3O2S2. The predicted molar refractivity (Wildman–Crippen MR) is 82.2 cm³/mol. The highest BCUT2D eigenvalue weighted by molar-refractivity contribution is 7.88. The molecule has 0 saturated carbocycles. The predicted octanol–water partition coefficient (Wildman–Crippen LogP) is 2.50. The van der Waals surface area contributed by atoms with Crippen molar-refractivity contribution in [2.24, 2.45) is 0 Å². The molecule has 0 aliphatic carbocycles. The molecule has 0 bridgehead atoms. The van der Waals surface area contributed by atoms with Gasteiger partial charge in [-0.2, -0.15) is 5.26 Å². The Hall–Kier alpha value is -1.75. The molecule has 5 nitrogen and oxygen atoms in total. The van der Waals surface area contributed by atoms with Crippen LogP contribution in [0, 0.1) is 18.3 Å². The summed E-state index contributed by atoms with van der Waals surface area (Å²) < 4.78 is 26.9. The Kier molecular flexibility index (Phi) is 4.73. The van der Waals surface area contributed by atoms with Gasteiger partial charge in [-0.1, -0.05) is 12.1 Å². The first kappa shape index (κ1) is 15.6. The van der Waals surface area contributed by atoms with E-state index in [1.54, 1.807) is 31.2 Å². The zero-order valence-electron chi connectivity index (χ0n) is 11.7. The van der Waals surface area contributed by atoms with E-state index in [2.05, 4.69) is 9.71 Å². The minimum atomic E-state index is -3.46. The minimum Gasteiger partial charge on any atom is -0.245 e. The number of hydrogen-bond acceptors (Lipinski definition) is 5. The molecule has 1 N–H and O–H groups in total. The van der Waals surface area contributed by atoms with Crippen molar-refractivity contribution in [1.29, 1.82) is 5.26 Å². The molecule has 0 radical (unpaired) electrons. The Morgan fingerprint density at radius 2 is 2.05 bits per heavy atom. The van der Waals surface area contributed by atoms with Crippen molar-refractivity contribution in [3.05, 3.63) is 51.5 Å². The quantitative estimate of drug-likeness (QED) is 0.917. The van der Waals surface area contributed by atoms with Crippen LogP contribution < -0.4 is 4.72 Å². The lowest BCUT2D eigenvalue weighted by Crippen LogP contribution is -2.28. The van der Waals surface area contributed by atoms with E-state index in [0.29, 0.717) is 11.1 Å². The van der Waals surface area contributed by atoms with E-state index in [9.17, 15) is 8.42 Å². The average molecular weight is 321 g/mol. The summed E-state index contributed by atoms with van der Waals surface area (Å²) in [6.45, 7) is 3.65. The molecule has 0 saturated heterocycles.